The van der Waals surface area contributed by atoms with Gasteiger partial charge in [0.2, 0.25) is 5.82 Å². The number of carbonyl (C=O) groups is 1. The van der Waals surface area contributed by atoms with Crippen molar-refractivity contribution in [1.29, 1.82) is 0 Å². The molecule has 0 atom stereocenters. The molecule has 0 bridgehead atoms. The fourth-order valence-corrected chi connectivity index (χ4v) is 4.75. The summed E-state index contributed by atoms with van der Waals surface area (Å²) >= 11 is 1.55. The number of rotatable bonds is 4. The zero-order chi connectivity index (χ0) is 18.1. The highest BCUT2D eigenvalue weighted by atomic mass is 32.1. The van der Waals surface area contributed by atoms with E-state index in [1.165, 1.54) is 9.44 Å². The lowest BCUT2D eigenvalue weighted by atomic mass is 9.97. The van der Waals surface area contributed by atoms with Gasteiger partial charge in [-0.3, -0.25) is 9.36 Å². The largest absolute Gasteiger partial charge is 0.460 e. The molecule has 1 aliphatic rings. The molecule has 3 aromatic rings. The minimum absolute atomic E-state index is 0.0896. The van der Waals surface area contributed by atoms with Crippen LogP contribution in [0.2, 0.25) is 0 Å². The van der Waals surface area contributed by atoms with Gasteiger partial charge in [-0.2, -0.15) is 0 Å². The van der Waals surface area contributed by atoms with Crippen molar-refractivity contribution in [1.82, 2.24) is 9.55 Å². The van der Waals surface area contributed by atoms with Crippen molar-refractivity contribution in [2.24, 2.45) is 0 Å². The Morgan fingerprint density at radius 2 is 2.00 bits per heavy atom. The topological polar surface area (TPSA) is 61.2 Å². The number of thiophene rings is 1. The Balaban J connectivity index is 1.93. The summed E-state index contributed by atoms with van der Waals surface area (Å²) in [5, 5.41) is 0.689. The lowest BCUT2D eigenvalue weighted by Gasteiger charge is -2.13. The zero-order valence-electron chi connectivity index (χ0n) is 14.7. The zero-order valence-corrected chi connectivity index (χ0v) is 15.5. The van der Waals surface area contributed by atoms with Crippen LogP contribution in [0.3, 0.4) is 0 Å². The van der Waals surface area contributed by atoms with Crippen LogP contribution in [0.25, 0.3) is 10.2 Å². The van der Waals surface area contributed by atoms with Crippen molar-refractivity contribution in [2.45, 2.75) is 39.2 Å². The number of aromatic nitrogens is 2. The minimum Gasteiger partial charge on any atom is -0.460 e. The third kappa shape index (κ3) is 2.94. The van der Waals surface area contributed by atoms with Crippen LogP contribution in [-0.4, -0.2) is 22.1 Å². The summed E-state index contributed by atoms with van der Waals surface area (Å²) in [6.45, 7) is 2.31. The Bertz CT molecular complexity index is 1020. The maximum absolute atomic E-state index is 13.3. The Morgan fingerprint density at radius 3 is 2.77 bits per heavy atom. The van der Waals surface area contributed by atoms with Crippen LogP contribution in [-0.2, 0) is 24.1 Å². The molecular formula is C20H20N2O3S. The Kier molecular flexibility index (Phi) is 4.59. The van der Waals surface area contributed by atoms with Gasteiger partial charge in [0.1, 0.15) is 4.83 Å². The number of benzene rings is 1. The van der Waals surface area contributed by atoms with E-state index in [-0.39, 0.29) is 18.0 Å². The van der Waals surface area contributed by atoms with Gasteiger partial charge in [-0.1, -0.05) is 30.3 Å². The monoisotopic (exact) mass is 368 g/mol. The predicted octanol–water partition coefficient (Wildman–Crippen LogP) is 3.56. The second kappa shape index (κ2) is 7.03. The first kappa shape index (κ1) is 17.0. The molecule has 4 rings (SSSR count). The summed E-state index contributed by atoms with van der Waals surface area (Å²) in [4.78, 5) is 32.2. The maximum Gasteiger partial charge on any atom is 0.374 e. The van der Waals surface area contributed by atoms with Gasteiger partial charge in [0.15, 0.2) is 0 Å². The van der Waals surface area contributed by atoms with E-state index in [2.05, 4.69) is 4.98 Å². The molecule has 0 unspecified atom stereocenters. The Morgan fingerprint density at radius 1 is 1.23 bits per heavy atom. The molecular weight excluding hydrogens is 348 g/mol. The van der Waals surface area contributed by atoms with E-state index in [0.717, 1.165) is 36.8 Å². The molecule has 0 radical (unpaired) electrons. The van der Waals surface area contributed by atoms with E-state index in [1.807, 2.05) is 30.3 Å². The third-order valence-corrected chi connectivity index (χ3v) is 5.90. The van der Waals surface area contributed by atoms with Crippen LogP contribution in [0, 0.1) is 0 Å². The number of carbonyl (C=O) groups excluding carboxylic acids is 1. The van der Waals surface area contributed by atoms with Crippen molar-refractivity contribution in [3.05, 3.63) is 62.5 Å². The standard InChI is InChI=1S/C20H20N2O3S/c1-2-25-20(24)17-21-18-16(14-10-6-7-11-15(14)26-18)19(23)22(17)12-13-8-4-3-5-9-13/h3-5,8-9H,2,6-7,10-12H2,1H3. The highest BCUT2D eigenvalue weighted by Crippen LogP contribution is 2.33. The SMILES string of the molecule is CCOC(=O)c1nc2sc3c(c2c(=O)n1Cc1ccccc1)CCCC3. The number of esters is 1. The summed E-state index contributed by atoms with van der Waals surface area (Å²) in [6, 6.07) is 9.64. The first-order chi connectivity index (χ1) is 12.7. The smallest absolute Gasteiger partial charge is 0.374 e. The van der Waals surface area contributed by atoms with Crippen molar-refractivity contribution in [3.8, 4) is 0 Å². The van der Waals surface area contributed by atoms with Crippen molar-refractivity contribution >= 4 is 27.5 Å². The molecule has 134 valence electrons. The number of hydrogen-bond donors (Lipinski definition) is 0. The predicted molar refractivity (Wildman–Crippen MR) is 102 cm³/mol. The van der Waals surface area contributed by atoms with Crippen molar-refractivity contribution in [3.63, 3.8) is 0 Å². The van der Waals surface area contributed by atoms with Gasteiger partial charge in [0.05, 0.1) is 18.5 Å². The molecule has 26 heavy (non-hydrogen) atoms. The Labute approximate surface area is 155 Å². The number of nitrogens with zero attached hydrogens (tertiary/aromatic N) is 2. The van der Waals surface area contributed by atoms with E-state index in [4.69, 9.17) is 4.74 Å². The number of hydrogen-bond acceptors (Lipinski definition) is 5. The highest BCUT2D eigenvalue weighted by molar-refractivity contribution is 7.18. The van der Waals surface area contributed by atoms with E-state index in [9.17, 15) is 9.59 Å². The molecule has 6 heteroatoms. The highest BCUT2D eigenvalue weighted by Gasteiger charge is 2.25. The van der Waals surface area contributed by atoms with Gasteiger partial charge in [-0.05, 0) is 43.7 Å². The number of ether oxygens (including phenoxy) is 1. The number of fused-ring (bicyclic) bond motifs is 3. The maximum atomic E-state index is 13.3. The molecule has 1 aromatic carbocycles. The number of aryl methyl sites for hydroxylation is 2. The molecule has 0 N–H and O–H groups in total. The van der Waals surface area contributed by atoms with Gasteiger partial charge in [0.25, 0.3) is 5.56 Å². The van der Waals surface area contributed by atoms with Crippen LogP contribution in [0.15, 0.2) is 35.1 Å². The Hall–Kier alpha value is -2.47. The van der Waals surface area contributed by atoms with E-state index >= 15 is 0 Å². The molecule has 1 aliphatic carbocycles. The molecule has 0 saturated heterocycles. The summed E-state index contributed by atoms with van der Waals surface area (Å²) in [6.07, 6.45) is 4.14. The molecule has 2 aromatic heterocycles. The van der Waals surface area contributed by atoms with E-state index < -0.39 is 5.97 Å². The molecule has 0 amide bonds. The molecule has 0 saturated carbocycles. The molecule has 5 nitrogen and oxygen atoms in total. The molecule has 0 aliphatic heterocycles. The lowest BCUT2D eigenvalue weighted by molar-refractivity contribution is 0.0505. The normalized spacial score (nSPS) is 13.6. The van der Waals surface area contributed by atoms with Crippen molar-refractivity contribution < 1.29 is 9.53 Å². The van der Waals surface area contributed by atoms with Gasteiger partial charge in [0, 0.05) is 4.88 Å². The quantitative estimate of drug-likeness (QED) is 0.661. The third-order valence-electron chi connectivity index (χ3n) is 4.72. The lowest BCUT2D eigenvalue weighted by Crippen LogP contribution is -2.29. The summed E-state index contributed by atoms with van der Waals surface area (Å²) in [5.41, 5.74) is 1.94. The first-order valence-corrected chi connectivity index (χ1v) is 9.76. The van der Waals surface area contributed by atoms with Crippen LogP contribution in [0.5, 0.6) is 0 Å². The van der Waals surface area contributed by atoms with Crippen molar-refractivity contribution in [2.75, 3.05) is 6.61 Å². The van der Waals surface area contributed by atoms with Gasteiger partial charge < -0.3 is 4.74 Å². The van der Waals surface area contributed by atoms with Gasteiger partial charge in [-0.25, -0.2) is 9.78 Å². The first-order valence-electron chi connectivity index (χ1n) is 8.95. The molecule has 2 heterocycles. The second-order valence-corrected chi connectivity index (χ2v) is 7.51. The molecule has 0 spiro atoms. The fourth-order valence-electron chi connectivity index (χ4n) is 3.50. The van der Waals surface area contributed by atoms with Crippen LogP contribution in [0.4, 0.5) is 0 Å². The van der Waals surface area contributed by atoms with Crippen LogP contribution < -0.4 is 5.56 Å². The average Bonchev–Trinajstić information content (AvgIpc) is 3.03. The molecule has 0 fully saturated rings. The summed E-state index contributed by atoms with van der Waals surface area (Å²) < 4.78 is 6.63. The fraction of sp³-hybridized carbons (Fsp3) is 0.350. The minimum atomic E-state index is -0.547. The average molecular weight is 368 g/mol. The summed E-state index contributed by atoms with van der Waals surface area (Å²) in [7, 11) is 0. The second-order valence-electron chi connectivity index (χ2n) is 6.42. The summed E-state index contributed by atoms with van der Waals surface area (Å²) in [5.74, 6) is -0.458. The van der Waals surface area contributed by atoms with E-state index in [0.29, 0.717) is 16.8 Å². The van der Waals surface area contributed by atoms with Crippen LogP contribution >= 0.6 is 11.3 Å². The van der Waals surface area contributed by atoms with Gasteiger partial charge in [-0.15, -0.1) is 11.3 Å². The van der Waals surface area contributed by atoms with Gasteiger partial charge >= 0.3 is 5.97 Å². The van der Waals surface area contributed by atoms with Crippen LogP contribution in [0.1, 0.15) is 46.4 Å². The van der Waals surface area contributed by atoms with E-state index in [1.54, 1.807) is 18.3 Å².